The highest BCUT2D eigenvalue weighted by atomic mass is 35.5. The van der Waals surface area contributed by atoms with E-state index < -0.39 is 10.0 Å². The first-order chi connectivity index (χ1) is 12.4. The van der Waals surface area contributed by atoms with E-state index in [4.69, 9.17) is 11.6 Å². The van der Waals surface area contributed by atoms with Crippen LogP contribution in [0.1, 0.15) is 11.1 Å². The molecule has 7 heteroatoms. The minimum atomic E-state index is -3.60. The van der Waals surface area contributed by atoms with E-state index >= 15 is 0 Å². The molecule has 5 nitrogen and oxygen atoms in total. The predicted octanol–water partition coefficient (Wildman–Crippen LogP) is 2.72. The number of sulfonamides is 1. The van der Waals surface area contributed by atoms with Crippen LogP contribution in [0.4, 0.5) is 0 Å². The van der Waals surface area contributed by atoms with Crippen molar-refractivity contribution in [1.29, 1.82) is 0 Å². The van der Waals surface area contributed by atoms with Gasteiger partial charge in [0.2, 0.25) is 15.9 Å². The zero-order valence-electron chi connectivity index (χ0n) is 14.6. The number of nitrogens with zero attached hydrogens (tertiary/aromatic N) is 2. The van der Waals surface area contributed by atoms with Crippen LogP contribution in [-0.4, -0.2) is 49.7 Å². The Labute approximate surface area is 159 Å². The summed E-state index contributed by atoms with van der Waals surface area (Å²) in [5.41, 5.74) is 1.80. The lowest BCUT2D eigenvalue weighted by Gasteiger charge is -2.34. The third-order valence-electron chi connectivity index (χ3n) is 4.57. The van der Waals surface area contributed by atoms with Crippen LogP contribution in [0.25, 0.3) is 0 Å². The summed E-state index contributed by atoms with van der Waals surface area (Å²) in [7, 11) is -3.60. The number of halogens is 1. The van der Waals surface area contributed by atoms with Crippen LogP contribution in [0.15, 0.2) is 53.4 Å². The lowest BCUT2D eigenvalue weighted by molar-refractivity contribution is -0.131. The molecule has 0 saturated carbocycles. The molecule has 2 aromatic carbocycles. The molecule has 26 heavy (non-hydrogen) atoms. The Hall–Kier alpha value is -1.89. The van der Waals surface area contributed by atoms with Gasteiger partial charge in [0.05, 0.1) is 11.3 Å². The Kier molecular flexibility index (Phi) is 5.65. The average Bonchev–Trinajstić information content (AvgIpc) is 2.65. The third-order valence-corrected chi connectivity index (χ3v) is 6.87. The van der Waals surface area contributed by atoms with Crippen molar-refractivity contribution < 1.29 is 13.2 Å². The molecular formula is C19H21ClN2O3S. The molecule has 0 radical (unpaired) electrons. The SMILES string of the molecule is Cc1ccc(S(=O)(=O)N2CCN(C(=O)Cc3ccccc3)CC2)cc1Cl. The molecule has 3 rings (SSSR count). The van der Waals surface area contributed by atoms with Crippen molar-refractivity contribution in [2.75, 3.05) is 26.2 Å². The first-order valence-corrected chi connectivity index (χ1v) is 10.3. The number of rotatable bonds is 4. The van der Waals surface area contributed by atoms with Gasteiger partial charge in [0.1, 0.15) is 0 Å². The molecule has 1 aliphatic rings. The molecule has 0 aliphatic carbocycles. The molecule has 2 aromatic rings. The minimum Gasteiger partial charge on any atom is -0.340 e. The van der Waals surface area contributed by atoms with Crippen molar-refractivity contribution >= 4 is 27.5 Å². The van der Waals surface area contributed by atoms with Crippen LogP contribution in [0.2, 0.25) is 5.02 Å². The number of amides is 1. The summed E-state index contributed by atoms with van der Waals surface area (Å²) in [4.78, 5) is 14.3. The largest absolute Gasteiger partial charge is 0.340 e. The fourth-order valence-electron chi connectivity index (χ4n) is 2.94. The van der Waals surface area contributed by atoms with Crippen LogP contribution >= 0.6 is 11.6 Å². The minimum absolute atomic E-state index is 0.0200. The summed E-state index contributed by atoms with van der Waals surface area (Å²) < 4.78 is 27.0. The summed E-state index contributed by atoms with van der Waals surface area (Å²) in [5, 5.41) is 0.433. The van der Waals surface area contributed by atoms with Crippen molar-refractivity contribution in [1.82, 2.24) is 9.21 Å². The Morgan fingerprint density at radius 1 is 1.04 bits per heavy atom. The molecule has 0 spiro atoms. The molecule has 1 fully saturated rings. The van der Waals surface area contributed by atoms with E-state index in [-0.39, 0.29) is 23.9 Å². The molecule has 1 amide bonds. The number of hydrogen-bond acceptors (Lipinski definition) is 3. The lowest BCUT2D eigenvalue weighted by atomic mass is 10.1. The molecule has 0 bridgehead atoms. The Morgan fingerprint density at radius 2 is 1.69 bits per heavy atom. The maximum absolute atomic E-state index is 12.8. The molecule has 1 heterocycles. The average molecular weight is 393 g/mol. The molecule has 0 N–H and O–H groups in total. The van der Waals surface area contributed by atoms with Crippen molar-refractivity contribution in [3.63, 3.8) is 0 Å². The van der Waals surface area contributed by atoms with Gasteiger partial charge in [0, 0.05) is 31.2 Å². The second-order valence-electron chi connectivity index (χ2n) is 6.36. The summed E-state index contributed by atoms with van der Waals surface area (Å²) in [5.74, 6) is 0.0200. The summed E-state index contributed by atoms with van der Waals surface area (Å²) >= 11 is 6.06. The van der Waals surface area contributed by atoms with E-state index in [1.165, 1.54) is 10.4 Å². The van der Waals surface area contributed by atoms with Crippen molar-refractivity contribution in [3.05, 3.63) is 64.7 Å². The third kappa shape index (κ3) is 4.09. The van der Waals surface area contributed by atoms with Crippen molar-refractivity contribution in [2.45, 2.75) is 18.2 Å². The van der Waals surface area contributed by atoms with Gasteiger partial charge in [-0.25, -0.2) is 8.42 Å². The number of piperazine rings is 1. The standard InChI is InChI=1S/C19H21ClN2O3S/c1-15-7-8-17(14-18(15)20)26(24,25)22-11-9-21(10-12-22)19(23)13-16-5-3-2-4-6-16/h2-8,14H,9-13H2,1H3. The lowest BCUT2D eigenvalue weighted by Crippen LogP contribution is -2.50. The van der Waals surface area contributed by atoms with Gasteiger partial charge in [-0.15, -0.1) is 0 Å². The molecule has 0 atom stereocenters. The van der Waals surface area contributed by atoms with Gasteiger partial charge in [-0.05, 0) is 30.2 Å². The topological polar surface area (TPSA) is 57.7 Å². The molecule has 1 saturated heterocycles. The number of carbonyl (C=O) groups is 1. The maximum atomic E-state index is 12.8. The van der Waals surface area contributed by atoms with Gasteiger partial charge < -0.3 is 4.90 Å². The van der Waals surface area contributed by atoms with E-state index in [0.717, 1.165) is 11.1 Å². The van der Waals surface area contributed by atoms with E-state index in [0.29, 0.717) is 24.5 Å². The van der Waals surface area contributed by atoms with Crippen molar-refractivity contribution in [3.8, 4) is 0 Å². The van der Waals surface area contributed by atoms with Gasteiger partial charge in [-0.3, -0.25) is 4.79 Å². The molecular weight excluding hydrogens is 372 g/mol. The highest BCUT2D eigenvalue weighted by Crippen LogP contribution is 2.23. The molecule has 0 unspecified atom stereocenters. The van der Waals surface area contributed by atoms with Crippen LogP contribution in [0, 0.1) is 6.92 Å². The van der Waals surface area contributed by atoms with E-state index in [1.54, 1.807) is 17.0 Å². The van der Waals surface area contributed by atoms with Gasteiger partial charge in [0.15, 0.2) is 0 Å². The van der Waals surface area contributed by atoms with Crippen LogP contribution < -0.4 is 0 Å². The fourth-order valence-corrected chi connectivity index (χ4v) is 4.64. The maximum Gasteiger partial charge on any atom is 0.243 e. The number of benzene rings is 2. The van der Waals surface area contributed by atoms with Gasteiger partial charge in [0.25, 0.3) is 0 Å². The number of hydrogen-bond donors (Lipinski definition) is 0. The smallest absolute Gasteiger partial charge is 0.243 e. The summed E-state index contributed by atoms with van der Waals surface area (Å²) in [6.07, 6.45) is 0.334. The van der Waals surface area contributed by atoms with E-state index in [1.807, 2.05) is 37.3 Å². The zero-order valence-corrected chi connectivity index (χ0v) is 16.1. The molecule has 138 valence electrons. The van der Waals surface area contributed by atoms with Gasteiger partial charge in [-0.1, -0.05) is 48.0 Å². The van der Waals surface area contributed by atoms with Crippen LogP contribution in [-0.2, 0) is 21.2 Å². The highest BCUT2D eigenvalue weighted by Gasteiger charge is 2.30. The van der Waals surface area contributed by atoms with Gasteiger partial charge >= 0.3 is 0 Å². The Bertz CT molecular complexity index is 892. The van der Waals surface area contributed by atoms with E-state index in [2.05, 4.69) is 0 Å². The quantitative estimate of drug-likeness (QED) is 0.803. The zero-order chi connectivity index (χ0) is 18.7. The van der Waals surface area contributed by atoms with E-state index in [9.17, 15) is 13.2 Å². The van der Waals surface area contributed by atoms with Crippen LogP contribution in [0.5, 0.6) is 0 Å². The van der Waals surface area contributed by atoms with Gasteiger partial charge in [-0.2, -0.15) is 4.31 Å². The second kappa shape index (κ2) is 7.78. The molecule has 0 aromatic heterocycles. The van der Waals surface area contributed by atoms with Crippen LogP contribution in [0.3, 0.4) is 0 Å². The summed E-state index contributed by atoms with van der Waals surface area (Å²) in [6, 6.07) is 14.3. The number of carbonyl (C=O) groups excluding carboxylic acids is 1. The number of aryl methyl sites for hydroxylation is 1. The Balaban J connectivity index is 1.64. The molecule has 1 aliphatic heterocycles. The van der Waals surface area contributed by atoms with Crippen molar-refractivity contribution in [2.24, 2.45) is 0 Å². The Morgan fingerprint density at radius 3 is 2.31 bits per heavy atom. The first-order valence-electron chi connectivity index (χ1n) is 8.46. The monoisotopic (exact) mass is 392 g/mol. The normalized spacial score (nSPS) is 15.8. The summed E-state index contributed by atoms with van der Waals surface area (Å²) in [6.45, 7) is 3.19. The second-order valence-corrected chi connectivity index (χ2v) is 8.70. The first kappa shape index (κ1) is 18.9. The fraction of sp³-hybridized carbons (Fsp3) is 0.316. The predicted molar refractivity (Wildman–Crippen MR) is 102 cm³/mol. The highest BCUT2D eigenvalue weighted by molar-refractivity contribution is 7.89.